The first-order chi connectivity index (χ1) is 11.0. The first kappa shape index (κ1) is 15.9. The molecule has 124 valence electrons. The third-order valence-corrected chi connectivity index (χ3v) is 4.48. The Bertz CT molecular complexity index is 615. The maximum atomic E-state index is 12.6. The first-order valence-electron chi connectivity index (χ1n) is 7.83. The van der Waals surface area contributed by atoms with Crippen LogP contribution in [0.5, 0.6) is 0 Å². The summed E-state index contributed by atoms with van der Waals surface area (Å²) in [6.45, 7) is 4.10. The summed E-state index contributed by atoms with van der Waals surface area (Å²) in [5.74, 6) is -0.729. The predicted molar refractivity (Wildman–Crippen MR) is 82.2 cm³/mol. The highest BCUT2D eigenvalue weighted by molar-refractivity contribution is 5.95. The highest BCUT2D eigenvalue weighted by Crippen LogP contribution is 2.31. The SMILES string of the molecule is Cc1ccc(C(=O)N2CCC3(CC2)OCCCO3)cc1[N+](=O)[O-]. The third kappa shape index (κ3) is 3.20. The number of nitro benzene ring substituents is 1. The number of nitrogens with zero attached hydrogens (tertiary/aromatic N) is 2. The molecular formula is C16H20N2O5. The Hall–Kier alpha value is -1.99. The molecule has 23 heavy (non-hydrogen) atoms. The monoisotopic (exact) mass is 320 g/mol. The predicted octanol–water partition coefficient (Wildman–Crippen LogP) is 2.27. The van der Waals surface area contributed by atoms with E-state index in [-0.39, 0.29) is 11.6 Å². The minimum Gasteiger partial charge on any atom is -0.350 e. The molecule has 1 aromatic carbocycles. The zero-order chi connectivity index (χ0) is 16.4. The lowest BCUT2D eigenvalue weighted by Crippen LogP contribution is -2.51. The number of carbonyl (C=O) groups excluding carboxylic acids is 1. The van der Waals surface area contributed by atoms with Crippen molar-refractivity contribution in [3.05, 3.63) is 39.4 Å². The van der Waals surface area contributed by atoms with E-state index in [0.717, 1.165) is 6.42 Å². The summed E-state index contributed by atoms with van der Waals surface area (Å²) >= 11 is 0. The molecule has 2 fully saturated rings. The van der Waals surface area contributed by atoms with Crippen molar-refractivity contribution in [2.75, 3.05) is 26.3 Å². The third-order valence-electron chi connectivity index (χ3n) is 4.48. The van der Waals surface area contributed by atoms with E-state index in [4.69, 9.17) is 9.47 Å². The zero-order valence-corrected chi connectivity index (χ0v) is 13.1. The van der Waals surface area contributed by atoms with Crippen molar-refractivity contribution in [3.63, 3.8) is 0 Å². The number of aryl methyl sites for hydroxylation is 1. The van der Waals surface area contributed by atoms with Gasteiger partial charge in [-0.3, -0.25) is 14.9 Å². The fourth-order valence-corrected chi connectivity index (χ4v) is 3.08. The van der Waals surface area contributed by atoms with Crippen molar-refractivity contribution < 1.29 is 19.2 Å². The number of piperidine rings is 1. The second-order valence-corrected chi connectivity index (χ2v) is 6.01. The van der Waals surface area contributed by atoms with Gasteiger partial charge in [0.1, 0.15) is 0 Å². The van der Waals surface area contributed by atoms with E-state index in [1.54, 1.807) is 24.0 Å². The van der Waals surface area contributed by atoms with Crippen LogP contribution >= 0.6 is 0 Å². The number of ether oxygens (including phenoxy) is 2. The molecular weight excluding hydrogens is 300 g/mol. The van der Waals surface area contributed by atoms with Gasteiger partial charge in [0.25, 0.3) is 11.6 Å². The molecule has 2 aliphatic rings. The molecule has 0 N–H and O–H groups in total. The van der Waals surface area contributed by atoms with E-state index in [1.165, 1.54) is 6.07 Å². The van der Waals surface area contributed by atoms with Crippen LogP contribution in [0.25, 0.3) is 0 Å². The Morgan fingerprint density at radius 1 is 1.26 bits per heavy atom. The van der Waals surface area contributed by atoms with Crippen molar-refractivity contribution in [2.45, 2.75) is 32.0 Å². The fraction of sp³-hybridized carbons (Fsp3) is 0.562. The number of hydrogen-bond donors (Lipinski definition) is 0. The highest BCUT2D eigenvalue weighted by atomic mass is 16.7. The zero-order valence-electron chi connectivity index (χ0n) is 13.1. The van der Waals surface area contributed by atoms with Gasteiger partial charge >= 0.3 is 0 Å². The van der Waals surface area contributed by atoms with Crippen LogP contribution in [-0.4, -0.2) is 47.8 Å². The van der Waals surface area contributed by atoms with Gasteiger partial charge in [-0.15, -0.1) is 0 Å². The minimum atomic E-state index is -0.547. The number of rotatable bonds is 2. The summed E-state index contributed by atoms with van der Waals surface area (Å²) in [5, 5.41) is 11.0. The van der Waals surface area contributed by atoms with Crippen LogP contribution in [0.4, 0.5) is 5.69 Å². The quantitative estimate of drug-likeness (QED) is 0.617. The summed E-state index contributed by atoms with van der Waals surface area (Å²) in [7, 11) is 0. The van der Waals surface area contributed by atoms with E-state index in [0.29, 0.717) is 50.3 Å². The van der Waals surface area contributed by atoms with Gasteiger partial charge in [0.2, 0.25) is 0 Å². The Morgan fingerprint density at radius 3 is 2.52 bits per heavy atom. The molecule has 0 aromatic heterocycles. The van der Waals surface area contributed by atoms with Gasteiger partial charge in [-0.25, -0.2) is 0 Å². The Balaban J connectivity index is 1.70. The summed E-state index contributed by atoms with van der Waals surface area (Å²) in [6, 6.07) is 4.61. The van der Waals surface area contributed by atoms with E-state index >= 15 is 0 Å². The Labute approximate surface area is 134 Å². The van der Waals surface area contributed by atoms with Crippen LogP contribution < -0.4 is 0 Å². The van der Waals surface area contributed by atoms with Crippen molar-refractivity contribution in [1.82, 2.24) is 4.90 Å². The Kier molecular flexibility index (Phi) is 4.32. The first-order valence-corrected chi connectivity index (χ1v) is 7.83. The number of benzene rings is 1. The van der Waals surface area contributed by atoms with E-state index in [2.05, 4.69) is 0 Å². The number of amides is 1. The second-order valence-electron chi connectivity index (χ2n) is 6.01. The summed E-state index contributed by atoms with van der Waals surface area (Å²) in [5.41, 5.74) is 0.875. The summed E-state index contributed by atoms with van der Waals surface area (Å²) in [4.78, 5) is 24.9. The van der Waals surface area contributed by atoms with Crippen LogP contribution in [0.15, 0.2) is 18.2 Å². The van der Waals surface area contributed by atoms with E-state index in [9.17, 15) is 14.9 Å². The highest BCUT2D eigenvalue weighted by Gasteiger charge is 2.39. The van der Waals surface area contributed by atoms with Gasteiger partial charge in [0, 0.05) is 43.1 Å². The second kappa shape index (κ2) is 6.25. The van der Waals surface area contributed by atoms with Gasteiger partial charge < -0.3 is 14.4 Å². The Morgan fingerprint density at radius 2 is 1.91 bits per heavy atom. The average Bonchev–Trinajstić information content (AvgIpc) is 2.56. The lowest BCUT2D eigenvalue weighted by molar-refractivity contribution is -0.385. The number of carbonyl (C=O) groups is 1. The molecule has 0 radical (unpaired) electrons. The number of likely N-dealkylation sites (tertiary alicyclic amines) is 1. The maximum Gasteiger partial charge on any atom is 0.273 e. The smallest absolute Gasteiger partial charge is 0.273 e. The molecule has 0 atom stereocenters. The lowest BCUT2D eigenvalue weighted by atomic mass is 10.0. The molecule has 1 aromatic rings. The summed E-state index contributed by atoms with van der Waals surface area (Å²) < 4.78 is 11.5. The molecule has 7 heteroatoms. The molecule has 0 bridgehead atoms. The number of nitro groups is 1. The maximum absolute atomic E-state index is 12.6. The van der Waals surface area contributed by atoms with Crippen molar-refractivity contribution in [3.8, 4) is 0 Å². The van der Waals surface area contributed by atoms with Crippen LogP contribution in [0, 0.1) is 17.0 Å². The molecule has 0 aliphatic carbocycles. The molecule has 0 unspecified atom stereocenters. The van der Waals surface area contributed by atoms with Gasteiger partial charge in [0.15, 0.2) is 5.79 Å². The fourth-order valence-electron chi connectivity index (χ4n) is 3.08. The normalized spacial score (nSPS) is 20.5. The van der Waals surface area contributed by atoms with Crippen molar-refractivity contribution in [2.24, 2.45) is 0 Å². The number of hydrogen-bond acceptors (Lipinski definition) is 5. The van der Waals surface area contributed by atoms with Crippen LogP contribution in [0.3, 0.4) is 0 Å². The molecule has 2 aliphatic heterocycles. The van der Waals surface area contributed by atoms with Gasteiger partial charge in [0.05, 0.1) is 18.1 Å². The van der Waals surface area contributed by atoms with Crippen LogP contribution in [0.1, 0.15) is 35.2 Å². The van der Waals surface area contributed by atoms with Gasteiger partial charge in [-0.05, 0) is 19.4 Å². The van der Waals surface area contributed by atoms with E-state index in [1.807, 2.05) is 0 Å². The molecule has 2 heterocycles. The molecule has 2 saturated heterocycles. The molecule has 7 nitrogen and oxygen atoms in total. The lowest BCUT2D eigenvalue weighted by Gasteiger charge is -2.43. The molecule has 1 spiro atoms. The summed E-state index contributed by atoms with van der Waals surface area (Å²) in [6.07, 6.45) is 2.16. The minimum absolute atomic E-state index is 0.0247. The largest absolute Gasteiger partial charge is 0.350 e. The van der Waals surface area contributed by atoms with Crippen LogP contribution in [-0.2, 0) is 9.47 Å². The molecule has 0 saturated carbocycles. The molecule has 1 amide bonds. The van der Waals surface area contributed by atoms with E-state index < -0.39 is 10.7 Å². The standard InChI is InChI=1S/C16H20N2O5/c1-12-3-4-13(11-14(12)18(20)21)15(19)17-7-5-16(6-8-17)22-9-2-10-23-16/h3-4,11H,2,5-10H2,1H3. The average molecular weight is 320 g/mol. The van der Waals surface area contributed by atoms with Crippen molar-refractivity contribution >= 4 is 11.6 Å². The van der Waals surface area contributed by atoms with Gasteiger partial charge in [-0.1, -0.05) is 6.07 Å². The van der Waals surface area contributed by atoms with Crippen molar-refractivity contribution in [1.29, 1.82) is 0 Å². The topological polar surface area (TPSA) is 81.9 Å². The molecule has 3 rings (SSSR count). The van der Waals surface area contributed by atoms with Crippen LogP contribution in [0.2, 0.25) is 0 Å². The van der Waals surface area contributed by atoms with Gasteiger partial charge in [-0.2, -0.15) is 0 Å².